The quantitative estimate of drug-likeness (QED) is 0.843. The van der Waals surface area contributed by atoms with E-state index in [1.54, 1.807) is 11.3 Å². The van der Waals surface area contributed by atoms with Crippen molar-refractivity contribution in [1.29, 1.82) is 0 Å². The number of aromatic nitrogens is 1. The molecule has 3 saturated heterocycles. The fourth-order valence-electron chi connectivity index (χ4n) is 4.32. The van der Waals surface area contributed by atoms with E-state index in [1.807, 2.05) is 4.90 Å². The number of rotatable bonds is 3. The van der Waals surface area contributed by atoms with Crippen molar-refractivity contribution in [3.8, 4) is 0 Å². The molecule has 3 aliphatic heterocycles. The molecule has 1 aliphatic carbocycles. The Morgan fingerprint density at radius 3 is 2.79 bits per heavy atom. The van der Waals surface area contributed by atoms with Crippen molar-refractivity contribution in [2.75, 3.05) is 26.3 Å². The van der Waals surface area contributed by atoms with E-state index < -0.39 is 0 Å². The van der Waals surface area contributed by atoms with Gasteiger partial charge in [-0.2, -0.15) is 0 Å². The first-order valence-electron chi connectivity index (χ1n) is 9.25. The average Bonchev–Trinajstić information content (AvgIpc) is 3.04. The second-order valence-electron chi connectivity index (χ2n) is 7.67. The van der Waals surface area contributed by atoms with Crippen LogP contribution in [0.15, 0.2) is 5.38 Å². The number of hydrogen-bond donors (Lipinski definition) is 0. The molecule has 0 radical (unpaired) electrons. The van der Waals surface area contributed by atoms with Crippen LogP contribution < -0.4 is 0 Å². The summed E-state index contributed by atoms with van der Waals surface area (Å²) in [7, 11) is 0. The molecule has 1 saturated carbocycles. The minimum atomic E-state index is 0.151. The lowest BCUT2D eigenvalue weighted by molar-refractivity contribution is -0.138. The van der Waals surface area contributed by atoms with Crippen LogP contribution in [-0.2, 0) is 14.3 Å². The molecular formula is C18H24N2O3S. The van der Waals surface area contributed by atoms with Gasteiger partial charge in [0.1, 0.15) is 11.1 Å². The third-order valence-corrected chi connectivity index (χ3v) is 6.88. The van der Waals surface area contributed by atoms with Crippen LogP contribution in [0.5, 0.6) is 0 Å². The smallest absolute Gasteiger partial charge is 0.225 e. The van der Waals surface area contributed by atoms with Gasteiger partial charge in [0.05, 0.1) is 11.8 Å². The van der Waals surface area contributed by atoms with Crippen molar-refractivity contribution in [2.45, 2.75) is 50.2 Å². The molecule has 4 heterocycles. The molecule has 0 bridgehead atoms. The molecule has 1 aromatic rings. The van der Waals surface area contributed by atoms with Crippen molar-refractivity contribution >= 4 is 17.2 Å². The van der Waals surface area contributed by atoms with Crippen LogP contribution in [0.4, 0.5) is 0 Å². The van der Waals surface area contributed by atoms with Gasteiger partial charge >= 0.3 is 0 Å². The normalized spacial score (nSPS) is 33.8. The summed E-state index contributed by atoms with van der Waals surface area (Å²) in [5.74, 6) is 1.67. The first kappa shape index (κ1) is 15.3. The van der Waals surface area contributed by atoms with Crippen molar-refractivity contribution < 1.29 is 14.3 Å². The number of hydrogen-bond acceptors (Lipinski definition) is 5. The summed E-state index contributed by atoms with van der Waals surface area (Å²) in [5, 5.41) is 3.36. The number of thiazole rings is 1. The highest BCUT2D eigenvalue weighted by atomic mass is 32.1. The van der Waals surface area contributed by atoms with Gasteiger partial charge in [0, 0.05) is 49.4 Å². The van der Waals surface area contributed by atoms with Gasteiger partial charge in [-0.1, -0.05) is 0 Å². The predicted molar refractivity (Wildman–Crippen MR) is 89.9 cm³/mol. The third-order valence-electron chi connectivity index (χ3n) is 5.93. The summed E-state index contributed by atoms with van der Waals surface area (Å²) in [6.07, 6.45) is 5.70. The maximum absolute atomic E-state index is 12.7. The Morgan fingerprint density at radius 2 is 2.04 bits per heavy atom. The first-order chi connectivity index (χ1) is 11.8. The summed E-state index contributed by atoms with van der Waals surface area (Å²) in [6, 6.07) is 0. The molecule has 0 spiro atoms. The van der Waals surface area contributed by atoms with E-state index >= 15 is 0 Å². The monoisotopic (exact) mass is 348 g/mol. The predicted octanol–water partition coefficient (Wildman–Crippen LogP) is 2.74. The van der Waals surface area contributed by atoms with Crippen LogP contribution in [0.25, 0.3) is 0 Å². The second kappa shape index (κ2) is 6.07. The van der Waals surface area contributed by atoms with Gasteiger partial charge in [-0.25, -0.2) is 4.98 Å². The highest BCUT2D eigenvalue weighted by molar-refractivity contribution is 7.09. The van der Waals surface area contributed by atoms with Crippen LogP contribution in [0.2, 0.25) is 0 Å². The van der Waals surface area contributed by atoms with Crippen molar-refractivity contribution in [2.24, 2.45) is 11.8 Å². The maximum Gasteiger partial charge on any atom is 0.225 e. The lowest BCUT2D eigenvalue weighted by Gasteiger charge is -2.27. The molecule has 3 atom stereocenters. The molecule has 1 amide bonds. The SMILES string of the molecule is O=C(C1CCOCC1)N1C[C@@H]2C[C@@H](c3nc(C4CC4)cs3)O[C@@H]2C1. The molecule has 6 heteroatoms. The number of carbonyl (C=O) groups is 1. The molecule has 4 aliphatic rings. The molecule has 1 aromatic heterocycles. The molecule has 0 unspecified atom stereocenters. The third kappa shape index (κ3) is 2.78. The molecule has 5 nitrogen and oxygen atoms in total. The standard InChI is InChI=1S/C18H24N2O3S/c21-18(12-3-5-22-6-4-12)20-8-13-7-15(23-16(13)9-20)17-19-14(10-24-17)11-1-2-11/h10-13,15-16H,1-9H2/t13-,15-,16+/m0/s1. The Hall–Kier alpha value is -0.980. The van der Waals surface area contributed by atoms with Crippen LogP contribution in [0.3, 0.4) is 0 Å². The van der Waals surface area contributed by atoms with Gasteiger partial charge in [0.15, 0.2) is 0 Å². The van der Waals surface area contributed by atoms with Crippen molar-refractivity contribution in [3.05, 3.63) is 16.1 Å². The minimum absolute atomic E-state index is 0.151. The molecule has 5 rings (SSSR count). The zero-order chi connectivity index (χ0) is 16.1. The van der Waals surface area contributed by atoms with Crippen LogP contribution in [-0.4, -0.2) is 48.2 Å². The highest BCUT2D eigenvalue weighted by Crippen LogP contribution is 2.45. The molecule has 24 heavy (non-hydrogen) atoms. The Morgan fingerprint density at radius 1 is 1.21 bits per heavy atom. The van der Waals surface area contributed by atoms with E-state index in [1.165, 1.54) is 18.5 Å². The number of likely N-dealkylation sites (tertiary alicyclic amines) is 1. The van der Waals surface area contributed by atoms with Gasteiger partial charge in [-0.15, -0.1) is 11.3 Å². The summed E-state index contributed by atoms with van der Waals surface area (Å²) >= 11 is 1.75. The zero-order valence-electron chi connectivity index (χ0n) is 13.9. The summed E-state index contributed by atoms with van der Waals surface area (Å²) in [6.45, 7) is 3.07. The van der Waals surface area contributed by atoms with Gasteiger partial charge < -0.3 is 14.4 Å². The fourth-order valence-corrected chi connectivity index (χ4v) is 5.27. The van der Waals surface area contributed by atoms with Gasteiger partial charge in [-0.3, -0.25) is 4.79 Å². The van der Waals surface area contributed by atoms with E-state index in [-0.39, 0.29) is 18.1 Å². The molecule has 0 aromatic carbocycles. The first-order valence-corrected chi connectivity index (χ1v) is 10.1. The lowest BCUT2D eigenvalue weighted by Crippen LogP contribution is -2.38. The van der Waals surface area contributed by atoms with E-state index in [4.69, 9.17) is 14.5 Å². The van der Waals surface area contributed by atoms with Gasteiger partial charge in [0.25, 0.3) is 0 Å². The van der Waals surface area contributed by atoms with E-state index in [9.17, 15) is 4.79 Å². The van der Waals surface area contributed by atoms with Crippen molar-refractivity contribution in [3.63, 3.8) is 0 Å². The maximum atomic E-state index is 12.7. The number of nitrogens with zero attached hydrogens (tertiary/aromatic N) is 2. The number of carbonyl (C=O) groups excluding carboxylic acids is 1. The summed E-state index contributed by atoms with van der Waals surface area (Å²) < 4.78 is 11.7. The number of fused-ring (bicyclic) bond motifs is 1. The van der Waals surface area contributed by atoms with Crippen LogP contribution in [0, 0.1) is 11.8 Å². The Labute approximate surface area is 146 Å². The van der Waals surface area contributed by atoms with E-state index in [0.29, 0.717) is 17.7 Å². The zero-order valence-corrected chi connectivity index (χ0v) is 14.7. The van der Waals surface area contributed by atoms with Gasteiger partial charge in [-0.05, 0) is 32.1 Å². The molecular weight excluding hydrogens is 324 g/mol. The molecule has 0 N–H and O–H groups in total. The topological polar surface area (TPSA) is 51.7 Å². The van der Waals surface area contributed by atoms with E-state index in [2.05, 4.69) is 5.38 Å². The lowest BCUT2D eigenvalue weighted by atomic mass is 9.98. The Balaban J connectivity index is 1.20. The summed E-state index contributed by atoms with van der Waals surface area (Å²) in [5.41, 5.74) is 1.27. The number of ether oxygens (including phenoxy) is 2. The van der Waals surface area contributed by atoms with Gasteiger partial charge in [0.2, 0.25) is 5.91 Å². The Kier molecular flexibility index (Phi) is 3.87. The number of amides is 1. The van der Waals surface area contributed by atoms with Crippen molar-refractivity contribution in [1.82, 2.24) is 9.88 Å². The fraction of sp³-hybridized carbons (Fsp3) is 0.778. The Bertz CT molecular complexity index is 610. The van der Waals surface area contributed by atoms with Crippen LogP contribution >= 0.6 is 11.3 Å². The largest absolute Gasteiger partial charge is 0.381 e. The second-order valence-corrected chi connectivity index (χ2v) is 8.56. The molecule has 4 fully saturated rings. The summed E-state index contributed by atoms with van der Waals surface area (Å²) in [4.78, 5) is 19.5. The molecule has 130 valence electrons. The highest BCUT2D eigenvalue weighted by Gasteiger charge is 2.45. The average molecular weight is 348 g/mol. The van der Waals surface area contributed by atoms with Crippen LogP contribution in [0.1, 0.15) is 54.8 Å². The van der Waals surface area contributed by atoms with E-state index in [0.717, 1.165) is 50.6 Å². The minimum Gasteiger partial charge on any atom is -0.381 e.